The van der Waals surface area contributed by atoms with Gasteiger partial charge in [-0.05, 0) is 0 Å². The van der Waals surface area contributed by atoms with Gasteiger partial charge >= 0.3 is 120 Å². The third-order valence-electron chi connectivity index (χ3n) is 0. The number of hydrogen-bond donors (Lipinski definition) is 0. The first-order valence-electron chi connectivity index (χ1n) is 0.154. The third kappa shape index (κ3) is 18.5. The molecule has 0 amide bonds. The van der Waals surface area contributed by atoms with Crippen molar-refractivity contribution in [2.24, 2.45) is 0 Å². The molecule has 2 N–H and O–H groups in total. The van der Waals surface area contributed by atoms with Crippen LogP contribution in [0.15, 0.2) is 0 Å². The van der Waals surface area contributed by atoms with Gasteiger partial charge in [-0.3, -0.25) is 0 Å². The van der Waals surface area contributed by atoms with E-state index in [0.29, 0.717) is 0 Å². The van der Waals surface area contributed by atoms with Crippen LogP contribution in [-0.4, -0.2) is 54.4 Å². The van der Waals surface area contributed by atoms with Crippen LogP contribution in [0.2, 0.25) is 0 Å². The van der Waals surface area contributed by atoms with Crippen LogP contribution in [0.5, 0.6) is 0 Å². The Balaban J connectivity index is -0.000000000333. The zero-order chi connectivity index (χ0) is 2.00. The van der Waals surface area contributed by atoms with Crippen molar-refractivity contribution in [1.29, 1.82) is 0 Å². The summed E-state index contributed by atoms with van der Waals surface area (Å²) in [7, 11) is 0. The van der Waals surface area contributed by atoms with Gasteiger partial charge in [0.15, 0.2) is 0 Å². The van der Waals surface area contributed by atoms with Crippen molar-refractivity contribution in [2.75, 3.05) is 0 Å². The van der Waals surface area contributed by atoms with E-state index in [1.54, 1.807) is 15.9 Å². The summed E-state index contributed by atoms with van der Waals surface area (Å²) in [4.78, 5) is 0. The Morgan fingerprint density at radius 1 is 1.40 bits per heavy atom. The molecule has 0 radical (unpaired) electrons. The molecule has 0 fully saturated rings. The summed E-state index contributed by atoms with van der Waals surface area (Å²) in [6, 6.07) is 0. The second-order valence-corrected chi connectivity index (χ2v) is 0. The van der Waals surface area contributed by atoms with E-state index in [1.165, 1.54) is 0 Å². The molecule has 0 aliphatic rings. The molecule has 0 spiro atoms. The van der Waals surface area contributed by atoms with Crippen molar-refractivity contribution in [3.63, 3.8) is 0 Å². The first-order valence-corrected chi connectivity index (χ1v) is 0.636. The van der Waals surface area contributed by atoms with Crippen molar-refractivity contribution in [2.45, 2.75) is 0 Å². The molecule has 0 aliphatic heterocycles. The molecule has 5 heteroatoms. The number of hydrogen-bond acceptors (Lipinski definition) is 1. The molecular weight excluding hydrogens is 263 g/mol. The fraction of sp³-hybridized carbons (Fsp3) is 0. The minimum absolute atomic E-state index is 0. The second kappa shape index (κ2) is 25.9. The van der Waals surface area contributed by atoms with E-state index in [1.807, 2.05) is 0 Å². The van der Waals surface area contributed by atoms with Crippen LogP contribution in [-0.2, 0) is 19.8 Å². The van der Waals surface area contributed by atoms with E-state index in [0.717, 1.165) is 0 Å². The second-order valence-electron chi connectivity index (χ2n) is 0. The standard InChI is InChI=1S/Ba.K.Mn.H2O.O.3H/h;;;1H2;;;;/q+2;+1;;;;3*-1. The maximum absolute atomic E-state index is 8.06. The molecule has 0 bridgehead atoms. The van der Waals surface area contributed by atoms with Crippen LogP contribution in [0.1, 0.15) is 4.28 Å². The van der Waals surface area contributed by atoms with Gasteiger partial charge in [-0.15, -0.1) is 0 Å². The SMILES string of the molecule is O.[Ba+2].[H-].[H-].[H-].[K+].[O]=[Mn]. The molecule has 0 aromatic carbocycles. The van der Waals surface area contributed by atoms with Crippen molar-refractivity contribution in [3.05, 3.63) is 0 Å². The quantitative estimate of drug-likeness (QED) is 0.413. The van der Waals surface area contributed by atoms with Crippen LogP contribution >= 0.6 is 0 Å². The Bertz CT molecular complexity index is 17.2. The van der Waals surface area contributed by atoms with Gasteiger partial charge in [0.2, 0.25) is 0 Å². The van der Waals surface area contributed by atoms with Crippen LogP contribution in [0, 0.1) is 0 Å². The summed E-state index contributed by atoms with van der Waals surface area (Å²) in [5, 5.41) is 0. The zero-order valence-corrected chi connectivity index (χ0v) is 11.7. The van der Waals surface area contributed by atoms with Gasteiger partial charge in [0.05, 0.1) is 0 Å². The molecule has 0 atom stereocenters. The Kier molecular flexibility index (Phi) is 122. The molecule has 0 rings (SSSR count). The van der Waals surface area contributed by atoms with Gasteiger partial charge in [-0.2, -0.15) is 0 Å². The molecule has 0 aromatic heterocycles. The minimum atomic E-state index is 0. The molecule has 0 unspecified atom stereocenters. The zero-order valence-electron chi connectivity index (χ0n) is 5.99. The van der Waals surface area contributed by atoms with E-state index in [-0.39, 0.29) is 110 Å². The molecule has 0 saturated heterocycles. The maximum atomic E-state index is 8.06. The first kappa shape index (κ1) is 23.6. The van der Waals surface area contributed by atoms with E-state index in [2.05, 4.69) is 0 Å². The topological polar surface area (TPSA) is 48.6 Å². The molecule has 27 valence electrons. The Labute approximate surface area is 126 Å². The Hall–Kier alpha value is 3.49. The summed E-state index contributed by atoms with van der Waals surface area (Å²) < 4.78 is 8.06. The van der Waals surface area contributed by atoms with Gasteiger partial charge < -0.3 is 9.76 Å². The molecule has 2 nitrogen and oxygen atoms in total. The predicted molar refractivity (Wildman–Crippen MR) is 13.4 cm³/mol. The van der Waals surface area contributed by atoms with Gasteiger partial charge in [-0.25, -0.2) is 0 Å². The van der Waals surface area contributed by atoms with E-state index < -0.39 is 0 Å². The van der Waals surface area contributed by atoms with Crippen LogP contribution in [0.4, 0.5) is 0 Å². The van der Waals surface area contributed by atoms with Crippen molar-refractivity contribution < 1.29 is 80.9 Å². The summed E-state index contributed by atoms with van der Waals surface area (Å²) in [6.45, 7) is 0. The van der Waals surface area contributed by atoms with Crippen LogP contribution < -0.4 is 51.4 Å². The third-order valence-corrected chi connectivity index (χ3v) is 0. The Morgan fingerprint density at radius 3 is 1.40 bits per heavy atom. The molecule has 0 heterocycles. The van der Waals surface area contributed by atoms with Crippen LogP contribution in [0.3, 0.4) is 0 Å². The molecule has 0 aliphatic carbocycles. The summed E-state index contributed by atoms with van der Waals surface area (Å²) in [6.07, 6.45) is 0. The van der Waals surface area contributed by atoms with Gasteiger partial charge in [0.1, 0.15) is 0 Å². The fourth-order valence-corrected chi connectivity index (χ4v) is 0. The summed E-state index contributed by atoms with van der Waals surface area (Å²) in [5.41, 5.74) is 0. The van der Waals surface area contributed by atoms with Gasteiger partial charge in [-0.1, -0.05) is 0 Å². The average Bonchev–Trinajstić information content (AvgIpc) is 1.00. The Morgan fingerprint density at radius 2 is 1.40 bits per heavy atom. The van der Waals surface area contributed by atoms with E-state index in [4.69, 9.17) is 3.83 Å². The predicted octanol–water partition coefficient (Wildman–Crippen LogP) is -3.99. The normalized spacial score (nSPS) is 0.800. The molecule has 0 saturated carbocycles. The average molecular weight is 268 g/mol. The summed E-state index contributed by atoms with van der Waals surface area (Å²) in [5.74, 6) is 0. The number of rotatable bonds is 0. The monoisotopic (exact) mass is 269 g/mol. The van der Waals surface area contributed by atoms with E-state index >= 15 is 0 Å². The van der Waals surface area contributed by atoms with Crippen LogP contribution in [0.25, 0.3) is 0 Å². The fourth-order valence-electron chi connectivity index (χ4n) is 0. The first-order chi connectivity index (χ1) is 1.00. The van der Waals surface area contributed by atoms with Gasteiger partial charge in [0.25, 0.3) is 0 Å². The molecular formula is H5BaKMnO2. The molecule has 0 aromatic rings. The van der Waals surface area contributed by atoms with Crippen molar-refractivity contribution >= 4 is 48.9 Å². The van der Waals surface area contributed by atoms with Crippen molar-refractivity contribution in [3.8, 4) is 0 Å². The molecule has 5 heavy (non-hydrogen) atoms. The summed E-state index contributed by atoms with van der Waals surface area (Å²) >= 11 is 1.69. The van der Waals surface area contributed by atoms with Crippen molar-refractivity contribution in [1.82, 2.24) is 0 Å². The van der Waals surface area contributed by atoms with E-state index in [9.17, 15) is 0 Å². The van der Waals surface area contributed by atoms with Gasteiger partial charge in [0, 0.05) is 0 Å².